The molecule has 5 nitrogen and oxygen atoms in total. The van der Waals surface area contributed by atoms with E-state index in [1.54, 1.807) is 30.0 Å². The van der Waals surface area contributed by atoms with Crippen molar-refractivity contribution < 1.29 is 14.3 Å². The van der Waals surface area contributed by atoms with E-state index in [2.05, 4.69) is 22.0 Å². The van der Waals surface area contributed by atoms with Crippen molar-refractivity contribution in [3.8, 4) is 11.8 Å². The van der Waals surface area contributed by atoms with Gasteiger partial charge in [-0.1, -0.05) is 15.9 Å². The number of ether oxygens (including phenoxy) is 2. The lowest BCUT2D eigenvalue weighted by Crippen LogP contribution is -2.46. The van der Waals surface area contributed by atoms with Gasteiger partial charge in [-0.25, -0.2) is 0 Å². The summed E-state index contributed by atoms with van der Waals surface area (Å²) in [5.41, 5.74) is 0.404. The van der Waals surface area contributed by atoms with E-state index in [4.69, 9.17) is 14.7 Å². The Bertz CT molecular complexity index is 536. The minimum Gasteiger partial charge on any atom is -0.480 e. The Kier molecular flexibility index (Phi) is 4.99. The molecule has 0 bridgehead atoms. The highest BCUT2D eigenvalue weighted by atomic mass is 79.9. The number of rotatable bonds is 3. The van der Waals surface area contributed by atoms with Crippen LogP contribution < -0.4 is 4.74 Å². The predicted octanol–water partition coefficient (Wildman–Crippen LogP) is 1.95. The molecule has 0 N–H and O–H groups in total. The number of nitrogens with zero attached hydrogens (tertiary/aromatic N) is 2. The van der Waals surface area contributed by atoms with Crippen molar-refractivity contribution in [3.63, 3.8) is 0 Å². The summed E-state index contributed by atoms with van der Waals surface area (Å²) in [5.74, 6) is 0.338. The number of hydrogen-bond acceptors (Lipinski definition) is 4. The molecule has 0 radical (unpaired) electrons. The van der Waals surface area contributed by atoms with Gasteiger partial charge in [0.25, 0.3) is 5.91 Å². The molecular formula is C14H15BrN2O3. The number of nitriles is 1. The van der Waals surface area contributed by atoms with Crippen molar-refractivity contribution in [1.29, 1.82) is 5.26 Å². The Hall–Kier alpha value is -1.58. The molecule has 1 heterocycles. The molecule has 106 valence electrons. The van der Waals surface area contributed by atoms with Gasteiger partial charge >= 0.3 is 0 Å². The van der Waals surface area contributed by atoms with Crippen molar-refractivity contribution in [3.05, 3.63) is 28.2 Å². The molecule has 1 amide bonds. The maximum atomic E-state index is 12.2. The second-order valence-electron chi connectivity index (χ2n) is 4.45. The van der Waals surface area contributed by atoms with Gasteiger partial charge in [0.15, 0.2) is 6.10 Å². The zero-order valence-corrected chi connectivity index (χ0v) is 12.7. The van der Waals surface area contributed by atoms with E-state index < -0.39 is 6.10 Å². The molecule has 1 atom stereocenters. The van der Waals surface area contributed by atoms with Crippen molar-refractivity contribution in [2.24, 2.45) is 0 Å². The molecule has 6 heteroatoms. The summed E-state index contributed by atoms with van der Waals surface area (Å²) in [6.45, 7) is 3.97. The molecule has 20 heavy (non-hydrogen) atoms. The van der Waals surface area contributed by atoms with Gasteiger partial charge in [-0.2, -0.15) is 5.26 Å². The SMILES string of the molecule is CC(Oc1ccc(Br)cc1C#N)C(=O)N1CCOCC1. The van der Waals surface area contributed by atoms with E-state index in [-0.39, 0.29) is 5.91 Å². The highest BCUT2D eigenvalue weighted by Gasteiger charge is 2.24. The maximum absolute atomic E-state index is 12.2. The third-order valence-corrected chi connectivity index (χ3v) is 3.53. The largest absolute Gasteiger partial charge is 0.480 e. The first-order chi connectivity index (χ1) is 9.61. The lowest BCUT2D eigenvalue weighted by atomic mass is 10.2. The van der Waals surface area contributed by atoms with Crippen LogP contribution >= 0.6 is 15.9 Å². The van der Waals surface area contributed by atoms with Gasteiger partial charge in [-0.05, 0) is 25.1 Å². The van der Waals surface area contributed by atoms with E-state index in [1.165, 1.54) is 0 Å². The van der Waals surface area contributed by atoms with Crippen LogP contribution in [0.2, 0.25) is 0 Å². The van der Waals surface area contributed by atoms with Crippen LogP contribution in [0, 0.1) is 11.3 Å². The molecule has 0 saturated carbocycles. The normalized spacial score (nSPS) is 16.4. The summed E-state index contributed by atoms with van der Waals surface area (Å²) >= 11 is 3.30. The molecule has 1 unspecified atom stereocenters. The van der Waals surface area contributed by atoms with Crippen LogP contribution in [0.15, 0.2) is 22.7 Å². The summed E-state index contributed by atoms with van der Waals surface area (Å²) in [6.07, 6.45) is -0.624. The Morgan fingerprint density at radius 2 is 2.20 bits per heavy atom. The number of carbonyl (C=O) groups excluding carboxylic acids is 1. The van der Waals surface area contributed by atoms with Crippen molar-refractivity contribution >= 4 is 21.8 Å². The summed E-state index contributed by atoms with van der Waals surface area (Å²) < 4.78 is 11.6. The van der Waals surface area contributed by atoms with E-state index in [0.29, 0.717) is 37.6 Å². The third kappa shape index (κ3) is 3.50. The maximum Gasteiger partial charge on any atom is 0.263 e. The van der Waals surface area contributed by atoms with Crippen LogP contribution in [0.1, 0.15) is 12.5 Å². The Morgan fingerprint density at radius 1 is 1.50 bits per heavy atom. The molecule has 2 rings (SSSR count). The molecule has 1 aliphatic heterocycles. The van der Waals surface area contributed by atoms with Crippen molar-refractivity contribution in [2.75, 3.05) is 26.3 Å². The van der Waals surface area contributed by atoms with Crippen molar-refractivity contribution in [2.45, 2.75) is 13.0 Å². The van der Waals surface area contributed by atoms with Gasteiger partial charge in [-0.3, -0.25) is 4.79 Å². The fraction of sp³-hybridized carbons (Fsp3) is 0.429. The second kappa shape index (κ2) is 6.73. The number of morpholine rings is 1. The lowest BCUT2D eigenvalue weighted by Gasteiger charge is -2.29. The first-order valence-electron chi connectivity index (χ1n) is 6.34. The second-order valence-corrected chi connectivity index (χ2v) is 5.37. The Balaban J connectivity index is 2.05. The monoisotopic (exact) mass is 338 g/mol. The smallest absolute Gasteiger partial charge is 0.263 e. The van der Waals surface area contributed by atoms with E-state index in [9.17, 15) is 4.79 Å². The number of amides is 1. The highest BCUT2D eigenvalue weighted by Crippen LogP contribution is 2.23. The lowest BCUT2D eigenvalue weighted by molar-refractivity contribution is -0.142. The predicted molar refractivity (Wildman–Crippen MR) is 76.3 cm³/mol. The molecule has 1 fully saturated rings. The first-order valence-corrected chi connectivity index (χ1v) is 7.14. The molecule has 0 aliphatic carbocycles. The van der Waals surface area contributed by atoms with Gasteiger partial charge in [0, 0.05) is 17.6 Å². The van der Waals surface area contributed by atoms with Gasteiger partial charge in [0.1, 0.15) is 11.8 Å². The number of carbonyl (C=O) groups is 1. The van der Waals surface area contributed by atoms with E-state index in [1.807, 2.05) is 0 Å². The summed E-state index contributed by atoms with van der Waals surface area (Å²) in [6, 6.07) is 7.19. The topological polar surface area (TPSA) is 62.6 Å². The van der Waals surface area contributed by atoms with Crippen LogP contribution in [0.3, 0.4) is 0 Å². The Labute approximate surface area is 126 Å². The molecule has 1 aromatic carbocycles. The third-order valence-electron chi connectivity index (χ3n) is 3.04. The molecule has 1 aliphatic rings. The minimum absolute atomic E-state index is 0.0832. The van der Waals surface area contributed by atoms with Crippen LogP contribution in [-0.4, -0.2) is 43.2 Å². The van der Waals surface area contributed by atoms with Gasteiger partial charge in [0.05, 0.1) is 18.8 Å². The zero-order chi connectivity index (χ0) is 14.5. The van der Waals surface area contributed by atoms with Crippen LogP contribution in [0.25, 0.3) is 0 Å². The average molecular weight is 339 g/mol. The molecule has 0 spiro atoms. The van der Waals surface area contributed by atoms with Crippen LogP contribution in [-0.2, 0) is 9.53 Å². The Morgan fingerprint density at radius 3 is 2.85 bits per heavy atom. The number of benzene rings is 1. The van der Waals surface area contributed by atoms with E-state index >= 15 is 0 Å². The van der Waals surface area contributed by atoms with Gasteiger partial charge in [0.2, 0.25) is 0 Å². The first kappa shape index (κ1) is 14.8. The van der Waals surface area contributed by atoms with Crippen LogP contribution in [0.5, 0.6) is 5.75 Å². The molecular weight excluding hydrogens is 324 g/mol. The summed E-state index contributed by atoms with van der Waals surface area (Å²) in [7, 11) is 0. The fourth-order valence-electron chi connectivity index (χ4n) is 1.97. The van der Waals surface area contributed by atoms with Gasteiger partial charge < -0.3 is 14.4 Å². The molecule has 1 aromatic rings. The zero-order valence-electron chi connectivity index (χ0n) is 11.1. The fourth-order valence-corrected chi connectivity index (χ4v) is 2.34. The number of hydrogen-bond donors (Lipinski definition) is 0. The minimum atomic E-state index is -0.624. The van der Waals surface area contributed by atoms with Gasteiger partial charge in [-0.15, -0.1) is 0 Å². The molecule has 1 saturated heterocycles. The molecule has 0 aromatic heterocycles. The standard InChI is InChI=1S/C14H15BrN2O3/c1-10(14(18)17-4-6-19-7-5-17)20-13-3-2-12(15)8-11(13)9-16/h2-3,8,10H,4-7H2,1H3. The highest BCUT2D eigenvalue weighted by molar-refractivity contribution is 9.10. The quantitative estimate of drug-likeness (QED) is 0.844. The summed E-state index contributed by atoms with van der Waals surface area (Å²) in [5, 5.41) is 9.08. The average Bonchev–Trinajstić information content (AvgIpc) is 2.49. The van der Waals surface area contributed by atoms with Crippen LogP contribution in [0.4, 0.5) is 0 Å². The number of halogens is 1. The van der Waals surface area contributed by atoms with Crippen molar-refractivity contribution in [1.82, 2.24) is 4.90 Å². The van der Waals surface area contributed by atoms with E-state index in [0.717, 1.165) is 4.47 Å². The summed E-state index contributed by atoms with van der Waals surface area (Å²) in [4.78, 5) is 13.9.